The van der Waals surface area contributed by atoms with Crippen LogP contribution in [-0.2, 0) is 0 Å². The summed E-state index contributed by atoms with van der Waals surface area (Å²) >= 11 is 1.39. The van der Waals surface area contributed by atoms with Crippen molar-refractivity contribution in [1.82, 2.24) is 34.9 Å². The Morgan fingerprint density at radius 2 is 1.85 bits per heavy atom. The van der Waals surface area contributed by atoms with E-state index in [1.165, 1.54) is 16.4 Å². The van der Waals surface area contributed by atoms with Gasteiger partial charge < -0.3 is 10.3 Å². The number of thioether (sulfide) groups is 1. The Bertz CT molecular complexity index is 1070. The van der Waals surface area contributed by atoms with E-state index >= 15 is 0 Å². The molecule has 0 aliphatic rings. The standard InChI is InChI=1S/C17H18N8OS/c1-10-9-11(2)25(23-10)16-21-22-17(24(16)18)27-12(3)14-19-20-15(26-14)13-7-5-4-6-8-13/h4-9,12H,18H2,1-3H3. The van der Waals surface area contributed by atoms with Gasteiger partial charge in [-0.3, -0.25) is 0 Å². The van der Waals surface area contributed by atoms with Crippen molar-refractivity contribution in [2.45, 2.75) is 31.2 Å². The molecule has 0 bridgehead atoms. The number of benzene rings is 1. The first-order valence-electron chi connectivity index (χ1n) is 8.32. The fourth-order valence-corrected chi connectivity index (χ4v) is 3.43. The van der Waals surface area contributed by atoms with Gasteiger partial charge in [-0.1, -0.05) is 30.0 Å². The largest absolute Gasteiger partial charge is 0.419 e. The number of rotatable bonds is 5. The summed E-state index contributed by atoms with van der Waals surface area (Å²) < 4.78 is 8.87. The summed E-state index contributed by atoms with van der Waals surface area (Å²) in [4.78, 5) is 0. The molecule has 0 saturated carbocycles. The van der Waals surface area contributed by atoms with Crippen molar-refractivity contribution in [3.05, 3.63) is 53.7 Å². The molecule has 2 N–H and O–H groups in total. The number of nitrogens with zero attached hydrogens (tertiary/aromatic N) is 7. The highest BCUT2D eigenvalue weighted by Gasteiger charge is 2.21. The van der Waals surface area contributed by atoms with Crippen molar-refractivity contribution in [3.8, 4) is 17.4 Å². The molecule has 4 rings (SSSR count). The van der Waals surface area contributed by atoms with E-state index in [0.717, 1.165) is 17.0 Å². The smallest absolute Gasteiger partial charge is 0.271 e. The van der Waals surface area contributed by atoms with Crippen LogP contribution in [0, 0.1) is 13.8 Å². The minimum absolute atomic E-state index is 0.144. The third kappa shape index (κ3) is 3.31. The second-order valence-corrected chi connectivity index (χ2v) is 7.37. The molecule has 3 heterocycles. The average molecular weight is 382 g/mol. The number of hydrogen-bond acceptors (Lipinski definition) is 8. The molecular weight excluding hydrogens is 364 g/mol. The molecule has 0 aliphatic heterocycles. The van der Waals surface area contributed by atoms with E-state index in [1.807, 2.05) is 57.2 Å². The van der Waals surface area contributed by atoms with Crippen LogP contribution in [0.3, 0.4) is 0 Å². The molecule has 0 saturated heterocycles. The first-order chi connectivity index (χ1) is 13.0. The SMILES string of the molecule is Cc1cc(C)n(-c2nnc(SC(C)c3nnc(-c4ccccc4)o3)n2N)n1. The van der Waals surface area contributed by atoms with Crippen LogP contribution in [-0.4, -0.2) is 34.9 Å². The van der Waals surface area contributed by atoms with Gasteiger partial charge in [0.2, 0.25) is 16.9 Å². The molecule has 9 nitrogen and oxygen atoms in total. The molecule has 0 radical (unpaired) electrons. The van der Waals surface area contributed by atoms with E-state index in [4.69, 9.17) is 10.3 Å². The van der Waals surface area contributed by atoms with E-state index in [2.05, 4.69) is 25.5 Å². The molecule has 138 valence electrons. The van der Waals surface area contributed by atoms with Crippen LogP contribution in [0.1, 0.15) is 29.5 Å². The number of nitrogen functional groups attached to an aromatic ring is 1. The van der Waals surface area contributed by atoms with Gasteiger partial charge in [0.25, 0.3) is 5.95 Å². The lowest BCUT2D eigenvalue weighted by molar-refractivity contribution is 0.508. The molecule has 10 heteroatoms. The molecule has 27 heavy (non-hydrogen) atoms. The molecule has 1 unspecified atom stereocenters. The maximum Gasteiger partial charge on any atom is 0.271 e. The lowest BCUT2D eigenvalue weighted by atomic mass is 10.2. The lowest BCUT2D eigenvalue weighted by Crippen LogP contribution is -2.17. The molecular formula is C17H18N8OS. The molecule has 3 aromatic heterocycles. The summed E-state index contributed by atoms with van der Waals surface area (Å²) in [5.41, 5.74) is 2.69. The highest BCUT2D eigenvalue weighted by Crippen LogP contribution is 2.34. The summed E-state index contributed by atoms with van der Waals surface area (Å²) in [5, 5.41) is 21.4. The van der Waals surface area contributed by atoms with Crippen molar-refractivity contribution < 1.29 is 4.42 Å². The number of aryl methyl sites for hydroxylation is 2. The Hall–Kier alpha value is -3.14. The zero-order chi connectivity index (χ0) is 19.0. The normalized spacial score (nSPS) is 12.4. The molecule has 0 aliphatic carbocycles. The maximum absolute atomic E-state index is 6.18. The first-order valence-corrected chi connectivity index (χ1v) is 9.20. The summed E-state index contributed by atoms with van der Waals surface area (Å²) in [7, 11) is 0. The number of nitrogens with two attached hydrogens (primary N) is 1. The van der Waals surface area contributed by atoms with Gasteiger partial charge in [0.1, 0.15) is 0 Å². The summed E-state index contributed by atoms with van der Waals surface area (Å²) in [6, 6.07) is 11.6. The first kappa shape index (κ1) is 17.3. The van der Waals surface area contributed by atoms with Crippen LogP contribution in [0.25, 0.3) is 17.4 Å². The van der Waals surface area contributed by atoms with Crippen molar-refractivity contribution in [2.75, 3.05) is 5.84 Å². The van der Waals surface area contributed by atoms with Crippen molar-refractivity contribution >= 4 is 11.8 Å². The van der Waals surface area contributed by atoms with Crippen LogP contribution in [0.5, 0.6) is 0 Å². The van der Waals surface area contributed by atoms with Crippen LogP contribution in [0.15, 0.2) is 46.0 Å². The molecule has 4 aromatic rings. The van der Waals surface area contributed by atoms with Crippen molar-refractivity contribution in [1.29, 1.82) is 0 Å². The van der Waals surface area contributed by atoms with Gasteiger partial charge in [-0.2, -0.15) is 5.10 Å². The van der Waals surface area contributed by atoms with E-state index < -0.39 is 0 Å². The Kier molecular flexibility index (Phi) is 4.40. The van der Waals surface area contributed by atoms with Crippen LogP contribution < -0.4 is 5.84 Å². The van der Waals surface area contributed by atoms with Gasteiger partial charge >= 0.3 is 0 Å². The molecule has 0 fully saturated rings. The zero-order valence-corrected chi connectivity index (χ0v) is 15.9. The predicted molar refractivity (Wildman–Crippen MR) is 101 cm³/mol. The van der Waals surface area contributed by atoms with Crippen LogP contribution >= 0.6 is 11.8 Å². The van der Waals surface area contributed by atoms with Crippen molar-refractivity contribution in [2.24, 2.45) is 0 Å². The second-order valence-electron chi connectivity index (χ2n) is 6.06. The Morgan fingerprint density at radius 3 is 2.56 bits per heavy atom. The van der Waals surface area contributed by atoms with E-state index in [-0.39, 0.29) is 5.25 Å². The summed E-state index contributed by atoms with van der Waals surface area (Å²) in [5.74, 6) is 7.61. The topological polar surface area (TPSA) is 113 Å². The Labute approximate surface area is 159 Å². The van der Waals surface area contributed by atoms with E-state index in [0.29, 0.717) is 22.9 Å². The van der Waals surface area contributed by atoms with Gasteiger partial charge in [-0.05, 0) is 39.0 Å². The quantitative estimate of drug-likeness (QED) is 0.414. The molecule has 0 amide bonds. The Balaban J connectivity index is 1.55. The monoisotopic (exact) mass is 382 g/mol. The highest BCUT2D eigenvalue weighted by atomic mass is 32.2. The third-order valence-corrected chi connectivity index (χ3v) is 4.98. The fraction of sp³-hybridized carbons (Fsp3) is 0.235. The molecule has 1 aromatic carbocycles. The number of hydrogen-bond donors (Lipinski definition) is 1. The lowest BCUT2D eigenvalue weighted by Gasteiger charge is -2.07. The zero-order valence-electron chi connectivity index (χ0n) is 15.1. The van der Waals surface area contributed by atoms with Crippen LogP contribution in [0.2, 0.25) is 0 Å². The van der Waals surface area contributed by atoms with Crippen molar-refractivity contribution in [3.63, 3.8) is 0 Å². The van der Waals surface area contributed by atoms with Gasteiger partial charge in [-0.15, -0.1) is 20.4 Å². The number of aromatic nitrogens is 7. The second kappa shape index (κ2) is 6.88. The van der Waals surface area contributed by atoms with Gasteiger partial charge in [0.15, 0.2) is 0 Å². The van der Waals surface area contributed by atoms with E-state index in [1.54, 1.807) is 4.68 Å². The van der Waals surface area contributed by atoms with Gasteiger partial charge in [-0.25, -0.2) is 9.36 Å². The highest BCUT2D eigenvalue weighted by molar-refractivity contribution is 7.99. The average Bonchev–Trinajstić information content (AvgIpc) is 3.36. The fourth-order valence-electron chi connectivity index (χ4n) is 2.63. The van der Waals surface area contributed by atoms with Gasteiger partial charge in [0.05, 0.1) is 10.9 Å². The summed E-state index contributed by atoms with van der Waals surface area (Å²) in [6.45, 7) is 5.80. The maximum atomic E-state index is 6.18. The Morgan fingerprint density at radius 1 is 1.07 bits per heavy atom. The van der Waals surface area contributed by atoms with E-state index in [9.17, 15) is 0 Å². The minimum atomic E-state index is -0.144. The summed E-state index contributed by atoms with van der Waals surface area (Å²) in [6.07, 6.45) is 0. The minimum Gasteiger partial charge on any atom is -0.419 e. The van der Waals surface area contributed by atoms with Crippen LogP contribution in [0.4, 0.5) is 0 Å². The molecule has 1 atom stereocenters. The molecule has 0 spiro atoms. The predicted octanol–water partition coefficient (Wildman–Crippen LogP) is 2.70. The van der Waals surface area contributed by atoms with Gasteiger partial charge in [0, 0.05) is 11.3 Å². The third-order valence-electron chi connectivity index (χ3n) is 3.94.